The minimum atomic E-state index is -0.198. The molecular formula is C24H23ClN2O3S. The lowest BCUT2D eigenvalue weighted by Gasteiger charge is -2.15. The van der Waals surface area contributed by atoms with Gasteiger partial charge in [-0.15, -0.1) is 0 Å². The monoisotopic (exact) mass is 454 g/mol. The highest BCUT2D eigenvalue weighted by Crippen LogP contribution is 2.40. The summed E-state index contributed by atoms with van der Waals surface area (Å²) in [5.74, 6) is 1.42. The standard InChI is InChI=1S/C24H23ClN2O3S/c1-4-29-22-15(3)23-19(20(13-30-23)16-5-7-17(25)8-6-16)12-18(22)14(2)11-21(28)27-24-26-9-10-31-24/h5-8,11-13H,4,9-10H2,1-3H3,(H,26,27,28)/b14-11+. The Labute approximate surface area is 190 Å². The fourth-order valence-corrected chi connectivity index (χ4v) is 4.48. The van der Waals surface area contributed by atoms with Crippen molar-refractivity contribution in [3.63, 3.8) is 0 Å². The Balaban J connectivity index is 1.79. The van der Waals surface area contributed by atoms with Gasteiger partial charge in [-0.05, 0) is 50.1 Å². The average Bonchev–Trinajstić information content (AvgIpc) is 3.40. The summed E-state index contributed by atoms with van der Waals surface area (Å²) < 4.78 is 11.9. The number of halogens is 1. The number of fused-ring (bicyclic) bond motifs is 1. The van der Waals surface area contributed by atoms with Gasteiger partial charge in [-0.25, -0.2) is 0 Å². The first-order chi connectivity index (χ1) is 15.0. The van der Waals surface area contributed by atoms with Crippen molar-refractivity contribution in [2.24, 2.45) is 4.99 Å². The number of nitrogens with zero attached hydrogens (tertiary/aromatic N) is 1. The number of hydrogen-bond acceptors (Lipinski definition) is 5. The van der Waals surface area contributed by atoms with Crippen molar-refractivity contribution < 1.29 is 13.9 Å². The van der Waals surface area contributed by atoms with Gasteiger partial charge in [0.1, 0.15) is 11.3 Å². The maximum Gasteiger partial charge on any atom is 0.250 e. The van der Waals surface area contributed by atoms with E-state index in [0.717, 1.165) is 56.8 Å². The van der Waals surface area contributed by atoms with Crippen LogP contribution in [0.2, 0.25) is 5.02 Å². The molecule has 1 aromatic heterocycles. The van der Waals surface area contributed by atoms with Crippen LogP contribution in [0, 0.1) is 6.92 Å². The van der Waals surface area contributed by atoms with Crippen LogP contribution in [0.4, 0.5) is 0 Å². The topological polar surface area (TPSA) is 63.8 Å². The Morgan fingerprint density at radius 1 is 1.35 bits per heavy atom. The number of rotatable bonds is 5. The SMILES string of the molecule is CCOc1c(/C(C)=C/C(=O)NC2=NCCS2)cc2c(-c3ccc(Cl)cc3)coc2c1C. The smallest absolute Gasteiger partial charge is 0.250 e. The normalized spacial score (nSPS) is 14.1. The van der Waals surface area contributed by atoms with Crippen LogP contribution in [-0.4, -0.2) is 30.0 Å². The van der Waals surface area contributed by atoms with Crippen molar-refractivity contribution in [3.8, 4) is 16.9 Å². The van der Waals surface area contributed by atoms with E-state index in [2.05, 4.69) is 10.3 Å². The minimum absolute atomic E-state index is 0.198. The fourth-order valence-electron chi connectivity index (χ4n) is 3.62. The molecule has 2 heterocycles. The molecule has 7 heteroatoms. The fraction of sp³-hybridized carbons (Fsp3) is 0.250. The van der Waals surface area contributed by atoms with Crippen LogP contribution in [0.3, 0.4) is 0 Å². The summed E-state index contributed by atoms with van der Waals surface area (Å²) in [5, 5.41) is 5.16. The van der Waals surface area contributed by atoms with E-state index >= 15 is 0 Å². The first-order valence-electron chi connectivity index (χ1n) is 10.1. The number of carbonyl (C=O) groups is 1. The molecule has 0 saturated carbocycles. The molecule has 0 unspecified atom stereocenters. The lowest BCUT2D eigenvalue weighted by atomic mass is 9.96. The highest BCUT2D eigenvalue weighted by atomic mass is 35.5. The number of amides is 1. The Kier molecular flexibility index (Phi) is 6.39. The predicted molar refractivity (Wildman–Crippen MR) is 129 cm³/mol. The minimum Gasteiger partial charge on any atom is -0.493 e. The zero-order valence-corrected chi connectivity index (χ0v) is 19.2. The lowest BCUT2D eigenvalue weighted by molar-refractivity contribution is -0.115. The lowest BCUT2D eigenvalue weighted by Crippen LogP contribution is -2.25. The van der Waals surface area contributed by atoms with Crippen molar-refractivity contribution in [1.82, 2.24) is 5.32 Å². The molecule has 1 aliphatic rings. The Bertz CT molecular complexity index is 1200. The van der Waals surface area contributed by atoms with Crippen LogP contribution in [0.1, 0.15) is 25.0 Å². The van der Waals surface area contributed by atoms with Gasteiger partial charge in [0, 0.05) is 38.9 Å². The molecule has 3 aromatic rings. The number of aryl methyl sites for hydroxylation is 1. The molecule has 0 spiro atoms. The number of nitrogens with one attached hydrogen (secondary N) is 1. The van der Waals surface area contributed by atoms with E-state index in [0.29, 0.717) is 16.8 Å². The molecule has 0 aliphatic carbocycles. The van der Waals surface area contributed by atoms with Gasteiger partial charge in [0.05, 0.1) is 19.4 Å². The first kappa shape index (κ1) is 21.5. The maximum absolute atomic E-state index is 12.5. The van der Waals surface area contributed by atoms with Gasteiger partial charge in [0.25, 0.3) is 0 Å². The summed E-state index contributed by atoms with van der Waals surface area (Å²) in [7, 11) is 0. The summed E-state index contributed by atoms with van der Waals surface area (Å²) >= 11 is 7.61. The molecule has 2 aromatic carbocycles. The second-order valence-corrected chi connectivity index (χ2v) is 8.72. The third-order valence-electron chi connectivity index (χ3n) is 5.08. The second kappa shape index (κ2) is 9.20. The number of aliphatic imine (C=N–C) groups is 1. The molecule has 0 atom stereocenters. The van der Waals surface area contributed by atoms with Gasteiger partial charge in [-0.2, -0.15) is 0 Å². The van der Waals surface area contributed by atoms with E-state index in [1.165, 1.54) is 0 Å². The molecule has 0 bridgehead atoms. The summed E-state index contributed by atoms with van der Waals surface area (Å²) in [6.45, 7) is 7.08. The Morgan fingerprint density at radius 2 is 2.13 bits per heavy atom. The van der Waals surface area contributed by atoms with Gasteiger partial charge in [0.15, 0.2) is 5.17 Å². The van der Waals surface area contributed by atoms with Crippen LogP contribution < -0.4 is 10.1 Å². The Hall–Kier alpha value is -2.70. The molecule has 31 heavy (non-hydrogen) atoms. The van der Waals surface area contributed by atoms with Gasteiger partial charge < -0.3 is 14.5 Å². The molecule has 4 rings (SSSR count). The third kappa shape index (κ3) is 4.50. The molecule has 160 valence electrons. The number of amidine groups is 1. The molecule has 0 saturated heterocycles. The van der Waals surface area contributed by atoms with Crippen LogP contribution in [0.5, 0.6) is 5.75 Å². The molecule has 5 nitrogen and oxygen atoms in total. The quantitative estimate of drug-likeness (QED) is 0.474. The van der Waals surface area contributed by atoms with Gasteiger partial charge >= 0.3 is 0 Å². The number of hydrogen-bond donors (Lipinski definition) is 1. The van der Waals surface area contributed by atoms with E-state index in [9.17, 15) is 4.79 Å². The van der Waals surface area contributed by atoms with Gasteiger partial charge in [-0.3, -0.25) is 9.79 Å². The molecular weight excluding hydrogens is 432 g/mol. The van der Waals surface area contributed by atoms with Crippen molar-refractivity contribution in [2.45, 2.75) is 20.8 Å². The second-order valence-electron chi connectivity index (χ2n) is 7.20. The van der Waals surface area contributed by atoms with E-state index in [1.54, 1.807) is 24.1 Å². The van der Waals surface area contributed by atoms with Crippen molar-refractivity contribution in [1.29, 1.82) is 0 Å². The number of carbonyl (C=O) groups excluding carboxylic acids is 1. The number of furan rings is 1. The summed E-state index contributed by atoms with van der Waals surface area (Å²) in [6.07, 6.45) is 3.34. The zero-order chi connectivity index (χ0) is 22.0. The van der Waals surface area contributed by atoms with E-state index in [4.69, 9.17) is 20.8 Å². The summed E-state index contributed by atoms with van der Waals surface area (Å²) in [6, 6.07) is 9.68. The van der Waals surface area contributed by atoms with Gasteiger partial charge in [0.2, 0.25) is 5.91 Å². The van der Waals surface area contributed by atoms with E-state index in [1.807, 2.05) is 51.1 Å². The maximum atomic E-state index is 12.5. The average molecular weight is 455 g/mol. The Morgan fingerprint density at radius 3 is 2.81 bits per heavy atom. The number of ether oxygens (including phenoxy) is 1. The van der Waals surface area contributed by atoms with Crippen LogP contribution in [0.15, 0.2) is 52.1 Å². The van der Waals surface area contributed by atoms with E-state index in [-0.39, 0.29) is 5.91 Å². The van der Waals surface area contributed by atoms with Crippen LogP contribution in [0.25, 0.3) is 27.7 Å². The van der Waals surface area contributed by atoms with Crippen LogP contribution >= 0.6 is 23.4 Å². The predicted octanol–water partition coefficient (Wildman–Crippen LogP) is 6.08. The summed E-state index contributed by atoms with van der Waals surface area (Å²) in [4.78, 5) is 16.8. The molecule has 1 N–H and O–H groups in total. The molecule has 1 aliphatic heterocycles. The number of allylic oxidation sites excluding steroid dienone is 1. The van der Waals surface area contributed by atoms with Crippen molar-refractivity contribution >= 4 is 51.0 Å². The van der Waals surface area contributed by atoms with Crippen LogP contribution in [-0.2, 0) is 4.79 Å². The summed E-state index contributed by atoms with van der Waals surface area (Å²) in [5.41, 5.74) is 5.31. The zero-order valence-electron chi connectivity index (χ0n) is 17.6. The van der Waals surface area contributed by atoms with Gasteiger partial charge in [-0.1, -0.05) is 35.5 Å². The number of thioether (sulfide) groups is 1. The van der Waals surface area contributed by atoms with Crippen molar-refractivity contribution in [3.05, 3.63) is 58.8 Å². The highest BCUT2D eigenvalue weighted by molar-refractivity contribution is 8.14. The molecule has 0 fully saturated rings. The molecule has 0 radical (unpaired) electrons. The largest absolute Gasteiger partial charge is 0.493 e. The van der Waals surface area contributed by atoms with Crippen molar-refractivity contribution in [2.75, 3.05) is 18.9 Å². The molecule has 1 amide bonds. The number of benzene rings is 2. The first-order valence-corrected chi connectivity index (χ1v) is 11.4. The third-order valence-corrected chi connectivity index (χ3v) is 6.22. The van der Waals surface area contributed by atoms with E-state index < -0.39 is 0 Å². The highest BCUT2D eigenvalue weighted by Gasteiger charge is 2.19.